The van der Waals surface area contributed by atoms with Gasteiger partial charge in [0.2, 0.25) is 0 Å². The number of phenols is 2. The van der Waals surface area contributed by atoms with Crippen molar-refractivity contribution in [3.05, 3.63) is 70.3 Å². The van der Waals surface area contributed by atoms with Crippen molar-refractivity contribution in [2.24, 2.45) is 0 Å². The van der Waals surface area contributed by atoms with Gasteiger partial charge in [-0.2, -0.15) is 0 Å². The van der Waals surface area contributed by atoms with E-state index in [9.17, 15) is 24.9 Å². The maximum Gasteiger partial charge on any atom is 0.336 e. The number of allylic oxidation sites excluding steroid dienone is 1. The zero-order valence-electron chi connectivity index (χ0n) is 14.6. The number of carboxylic acid groups (broad SMARTS) is 1. The molecule has 3 N–H and O–H groups in total. The molecule has 0 aromatic heterocycles. The number of hydrogen-bond donors (Lipinski definition) is 3. The van der Waals surface area contributed by atoms with Gasteiger partial charge < -0.3 is 15.3 Å². The van der Waals surface area contributed by atoms with Crippen LogP contribution in [0, 0.1) is 0 Å². The fourth-order valence-electron chi connectivity index (χ4n) is 2.33. The second-order valence-electron chi connectivity index (χ2n) is 5.12. The van der Waals surface area contributed by atoms with Crippen LogP contribution in [0.25, 0.3) is 0 Å². The van der Waals surface area contributed by atoms with E-state index in [-0.39, 0.29) is 27.5 Å². The van der Waals surface area contributed by atoms with Crippen LogP contribution in [0.5, 0.6) is 11.5 Å². The summed E-state index contributed by atoms with van der Waals surface area (Å²) in [6.07, 6.45) is 2.65. The van der Waals surface area contributed by atoms with Crippen molar-refractivity contribution in [2.75, 3.05) is 0 Å². The third-order valence-corrected chi connectivity index (χ3v) is 3.85. The van der Waals surface area contributed by atoms with Gasteiger partial charge in [0.15, 0.2) is 5.78 Å². The summed E-state index contributed by atoms with van der Waals surface area (Å²) >= 11 is 6.00. The number of ketones is 1. The van der Waals surface area contributed by atoms with Crippen LogP contribution in [0.2, 0.25) is 5.02 Å². The van der Waals surface area contributed by atoms with Gasteiger partial charge in [-0.15, -0.1) is 6.58 Å². The van der Waals surface area contributed by atoms with Crippen molar-refractivity contribution >= 4 is 23.4 Å². The molecule has 0 unspecified atom stereocenters. The maximum absolute atomic E-state index is 12.7. The van der Waals surface area contributed by atoms with Crippen molar-refractivity contribution in [1.29, 1.82) is 0 Å². The number of benzene rings is 2. The lowest BCUT2D eigenvalue weighted by Crippen LogP contribution is -2.11. The van der Waals surface area contributed by atoms with E-state index < -0.39 is 17.5 Å². The molecular weight excluding hydrogens is 356 g/mol. The van der Waals surface area contributed by atoms with E-state index >= 15 is 0 Å². The molecule has 0 radical (unpaired) electrons. The van der Waals surface area contributed by atoms with Crippen molar-refractivity contribution in [3.63, 3.8) is 0 Å². The van der Waals surface area contributed by atoms with Crippen molar-refractivity contribution < 1.29 is 24.9 Å². The first-order valence-corrected chi connectivity index (χ1v) is 8.46. The molecule has 2 rings (SSSR count). The summed E-state index contributed by atoms with van der Waals surface area (Å²) in [6, 6.07) is 6.48. The predicted octanol–water partition coefficient (Wildman–Crippen LogP) is 4.83. The fraction of sp³-hybridized carbons (Fsp3) is 0.200. The van der Waals surface area contributed by atoms with Gasteiger partial charge in [-0.25, -0.2) is 4.79 Å². The van der Waals surface area contributed by atoms with Crippen LogP contribution in [0.4, 0.5) is 0 Å². The Morgan fingerprint density at radius 3 is 2.35 bits per heavy atom. The summed E-state index contributed by atoms with van der Waals surface area (Å²) in [5.74, 6) is -2.62. The van der Waals surface area contributed by atoms with Crippen molar-refractivity contribution in [3.8, 4) is 11.5 Å². The summed E-state index contributed by atoms with van der Waals surface area (Å²) in [5, 5.41) is 29.1. The van der Waals surface area contributed by atoms with E-state index in [1.165, 1.54) is 24.3 Å². The monoisotopic (exact) mass is 376 g/mol. The average Bonchev–Trinajstić information content (AvgIpc) is 2.62. The Bertz CT molecular complexity index is 827. The number of rotatable bonds is 6. The molecule has 138 valence electrons. The number of aromatic carboxylic acids is 1. The van der Waals surface area contributed by atoms with Crippen molar-refractivity contribution in [1.82, 2.24) is 0 Å². The molecule has 0 saturated heterocycles. The molecule has 5 nitrogen and oxygen atoms in total. The van der Waals surface area contributed by atoms with E-state index in [0.717, 1.165) is 6.07 Å². The number of aryl methyl sites for hydroxylation is 1. The Morgan fingerprint density at radius 2 is 1.77 bits per heavy atom. The van der Waals surface area contributed by atoms with Gasteiger partial charge in [-0.05, 0) is 36.6 Å². The van der Waals surface area contributed by atoms with Gasteiger partial charge in [0.25, 0.3) is 0 Å². The number of carbonyl (C=O) groups is 2. The van der Waals surface area contributed by atoms with Gasteiger partial charge in [0, 0.05) is 6.07 Å². The quantitative estimate of drug-likeness (QED) is 0.496. The first-order chi connectivity index (χ1) is 12.4. The lowest BCUT2D eigenvalue weighted by Gasteiger charge is -2.11. The molecular formula is C20H21ClO5. The largest absolute Gasteiger partial charge is 0.508 e. The highest BCUT2D eigenvalue weighted by Crippen LogP contribution is 2.32. The summed E-state index contributed by atoms with van der Waals surface area (Å²) in [7, 11) is 0. The summed E-state index contributed by atoms with van der Waals surface area (Å²) in [4.78, 5) is 24.1. The molecule has 2 aromatic rings. The lowest BCUT2D eigenvalue weighted by molar-refractivity contribution is 0.0692. The molecule has 26 heavy (non-hydrogen) atoms. The van der Waals surface area contributed by atoms with Gasteiger partial charge in [-0.1, -0.05) is 37.6 Å². The zero-order chi connectivity index (χ0) is 19.9. The Kier molecular flexibility index (Phi) is 7.87. The van der Waals surface area contributed by atoms with Crippen molar-refractivity contribution in [2.45, 2.75) is 26.7 Å². The Balaban J connectivity index is 0.00000163. The Labute approximate surface area is 157 Å². The number of carbonyl (C=O) groups excluding carboxylic acids is 1. The van der Waals surface area contributed by atoms with Crippen LogP contribution in [-0.2, 0) is 6.42 Å². The first-order valence-electron chi connectivity index (χ1n) is 8.09. The van der Waals surface area contributed by atoms with E-state index in [1.54, 1.807) is 6.08 Å². The minimum Gasteiger partial charge on any atom is -0.508 e. The smallest absolute Gasteiger partial charge is 0.336 e. The Hall–Kier alpha value is -2.79. The molecule has 0 aliphatic rings. The highest BCUT2D eigenvalue weighted by Gasteiger charge is 2.24. The van der Waals surface area contributed by atoms with Gasteiger partial charge in [-0.3, -0.25) is 4.79 Å². The van der Waals surface area contributed by atoms with Gasteiger partial charge in [0.1, 0.15) is 11.5 Å². The standard InChI is InChI=1S/C18H15ClO5.C2H6/c1-2-3-5-10-8-12(15(21)9-14(10)20)17(22)16-11(18(23)24)6-4-7-13(16)19;1-2/h2,4,6-9,20-21H,1,3,5H2,(H,23,24);1-2H3. The molecule has 0 amide bonds. The molecule has 6 heteroatoms. The Morgan fingerprint density at radius 1 is 1.12 bits per heavy atom. The third kappa shape index (κ3) is 4.64. The van der Waals surface area contributed by atoms with Crippen LogP contribution in [0.15, 0.2) is 43.0 Å². The minimum absolute atomic E-state index is 0.0278. The number of phenolic OH excluding ortho intramolecular Hbond substituents is 2. The second kappa shape index (κ2) is 9.63. The molecule has 0 heterocycles. The molecule has 0 saturated carbocycles. The number of carboxylic acids is 1. The zero-order valence-corrected chi connectivity index (χ0v) is 15.4. The van der Waals surface area contributed by atoms with Crippen LogP contribution in [-0.4, -0.2) is 27.1 Å². The molecule has 2 aromatic carbocycles. The summed E-state index contributed by atoms with van der Waals surface area (Å²) < 4.78 is 0. The number of halogens is 1. The average molecular weight is 377 g/mol. The second-order valence-corrected chi connectivity index (χ2v) is 5.53. The highest BCUT2D eigenvalue weighted by atomic mass is 35.5. The molecule has 0 atom stereocenters. The van der Waals surface area contributed by atoms with Gasteiger partial charge >= 0.3 is 5.97 Å². The topological polar surface area (TPSA) is 94.8 Å². The number of aromatic hydroxyl groups is 2. The summed E-state index contributed by atoms with van der Waals surface area (Å²) in [6.45, 7) is 7.59. The molecule has 0 spiro atoms. The number of hydrogen-bond acceptors (Lipinski definition) is 4. The molecule has 0 fully saturated rings. The predicted molar refractivity (Wildman–Crippen MR) is 101 cm³/mol. The highest BCUT2D eigenvalue weighted by molar-refractivity contribution is 6.36. The lowest BCUT2D eigenvalue weighted by atomic mass is 9.95. The van der Waals surface area contributed by atoms with Crippen LogP contribution in [0.1, 0.15) is 52.1 Å². The molecule has 0 aliphatic carbocycles. The van der Waals surface area contributed by atoms with Gasteiger partial charge in [0.05, 0.1) is 21.7 Å². The minimum atomic E-state index is -1.30. The van der Waals surface area contributed by atoms with Crippen LogP contribution >= 0.6 is 11.6 Å². The van der Waals surface area contributed by atoms with Crippen LogP contribution < -0.4 is 0 Å². The normalized spacial score (nSPS) is 9.81. The van der Waals surface area contributed by atoms with E-state index in [1.807, 2.05) is 13.8 Å². The molecule has 0 aliphatic heterocycles. The van der Waals surface area contributed by atoms with E-state index in [2.05, 4.69) is 6.58 Å². The molecule has 0 bridgehead atoms. The third-order valence-electron chi connectivity index (χ3n) is 3.53. The fourth-order valence-corrected chi connectivity index (χ4v) is 2.59. The SMILES string of the molecule is C=CCCc1cc(C(=O)c2c(Cl)cccc2C(=O)O)c(O)cc1O.CC. The van der Waals surface area contributed by atoms with E-state index in [4.69, 9.17) is 11.6 Å². The van der Waals surface area contributed by atoms with E-state index in [0.29, 0.717) is 18.4 Å². The maximum atomic E-state index is 12.7. The first kappa shape index (κ1) is 21.3. The summed E-state index contributed by atoms with van der Waals surface area (Å²) in [5.41, 5.74) is -0.141. The van der Waals surface area contributed by atoms with Crippen LogP contribution in [0.3, 0.4) is 0 Å².